The van der Waals surface area contributed by atoms with Gasteiger partial charge < -0.3 is 15.0 Å². The van der Waals surface area contributed by atoms with Crippen LogP contribution in [0.4, 0.5) is 0 Å². The number of esters is 1. The molecule has 2 amide bonds. The molecule has 9 nitrogen and oxygen atoms in total. The zero-order valence-corrected chi connectivity index (χ0v) is 18.7. The topological polar surface area (TPSA) is 113 Å². The minimum Gasteiger partial charge on any atom is -0.467 e. The molecule has 1 saturated heterocycles. The Hall–Kier alpha value is -2.76. The Morgan fingerprint density at radius 3 is 2.45 bits per heavy atom. The van der Waals surface area contributed by atoms with Crippen molar-refractivity contribution in [3.63, 3.8) is 0 Å². The Morgan fingerprint density at radius 1 is 1.13 bits per heavy atom. The molecule has 0 aliphatic carbocycles. The summed E-state index contributed by atoms with van der Waals surface area (Å²) in [5, 5.41) is 4.26. The summed E-state index contributed by atoms with van der Waals surface area (Å²) < 4.78 is 31.9. The molecule has 1 aromatic heterocycles. The van der Waals surface area contributed by atoms with Crippen LogP contribution >= 0.6 is 11.3 Å². The number of piperazine rings is 1. The fourth-order valence-corrected chi connectivity index (χ4v) is 5.41. The quantitative estimate of drug-likeness (QED) is 0.636. The number of sulfonamides is 1. The second-order valence-corrected chi connectivity index (χ2v) is 9.81. The lowest BCUT2D eigenvalue weighted by Crippen LogP contribution is -2.62. The fraction of sp³-hybridized carbons (Fsp3) is 0.350. The fourth-order valence-electron chi connectivity index (χ4n) is 3.27. The van der Waals surface area contributed by atoms with Crippen molar-refractivity contribution in [3.8, 4) is 0 Å². The van der Waals surface area contributed by atoms with Gasteiger partial charge in [-0.15, -0.1) is 11.3 Å². The molecule has 2 atom stereocenters. The summed E-state index contributed by atoms with van der Waals surface area (Å²) in [6.07, 6.45) is 0. The normalized spacial score (nSPS) is 18.3. The lowest BCUT2D eigenvalue weighted by Gasteiger charge is -2.40. The number of thiophene rings is 1. The van der Waals surface area contributed by atoms with Crippen molar-refractivity contribution < 1.29 is 27.5 Å². The molecule has 1 fully saturated rings. The van der Waals surface area contributed by atoms with Crippen molar-refractivity contribution >= 4 is 39.1 Å². The summed E-state index contributed by atoms with van der Waals surface area (Å²) in [7, 11) is -2.65. The number of ether oxygens (including phenoxy) is 1. The number of nitrogens with one attached hydrogen (secondary N) is 1. The van der Waals surface area contributed by atoms with Gasteiger partial charge in [0, 0.05) is 19.6 Å². The lowest BCUT2D eigenvalue weighted by molar-refractivity contribution is -0.145. The van der Waals surface area contributed by atoms with Gasteiger partial charge in [-0.2, -0.15) is 4.31 Å². The molecule has 11 heteroatoms. The minimum atomic E-state index is -3.85. The second-order valence-electron chi connectivity index (χ2n) is 6.92. The van der Waals surface area contributed by atoms with Gasteiger partial charge in [-0.05, 0) is 30.5 Å². The largest absolute Gasteiger partial charge is 0.467 e. The number of methoxy groups -OCH3 is 1. The molecule has 1 aliphatic heterocycles. The molecule has 2 unspecified atom stereocenters. The summed E-state index contributed by atoms with van der Waals surface area (Å²) >= 11 is 1.24. The summed E-state index contributed by atoms with van der Waals surface area (Å²) in [6.45, 7) is 1.31. The first-order valence-corrected chi connectivity index (χ1v) is 11.9. The highest BCUT2D eigenvalue weighted by Crippen LogP contribution is 2.23. The van der Waals surface area contributed by atoms with Gasteiger partial charge in [0.2, 0.25) is 15.9 Å². The first-order chi connectivity index (χ1) is 14.8. The van der Waals surface area contributed by atoms with E-state index in [0.29, 0.717) is 4.88 Å². The van der Waals surface area contributed by atoms with E-state index in [-0.39, 0.29) is 30.4 Å². The number of nitrogens with zero attached hydrogens (tertiary/aromatic N) is 2. The third-order valence-electron chi connectivity index (χ3n) is 4.93. The van der Waals surface area contributed by atoms with Crippen molar-refractivity contribution in [2.75, 3.05) is 26.7 Å². The molecule has 1 aliphatic rings. The van der Waals surface area contributed by atoms with Crippen molar-refractivity contribution in [1.82, 2.24) is 14.5 Å². The maximum atomic E-state index is 13.1. The highest BCUT2D eigenvalue weighted by Gasteiger charge is 2.41. The number of hydrogen-bond donors (Lipinski definition) is 1. The third kappa shape index (κ3) is 4.94. The summed E-state index contributed by atoms with van der Waals surface area (Å²) in [4.78, 5) is 39.6. The molecule has 0 bridgehead atoms. The van der Waals surface area contributed by atoms with E-state index in [2.05, 4.69) is 10.1 Å². The van der Waals surface area contributed by atoms with Crippen molar-refractivity contribution in [2.24, 2.45) is 0 Å². The molecule has 2 heterocycles. The van der Waals surface area contributed by atoms with Crippen LogP contribution in [0.3, 0.4) is 0 Å². The highest BCUT2D eigenvalue weighted by molar-refractivity contribution is 7.89. The van der Waals surface area contributed by atoms with Crippen LogP contribution < -0.4 is 5.32 Å². The van der Waals surface area contributed by atoms with E-state index in [1.165, 1.54) is 46.7 Å². The van der Waals surface area contributed by atoms with Crippen LogP contribution in [0.1, 0.15) is 16.6 Å². The van der Waals surface area contributed by atoms with Gasteiger partial charge in [0.05, 0.1) is 16.9 Å². The van der Waals surface area contributed by atoms with E-state index >= 15 is 0 Å². The maximum absolute atomic E-state index is 13.1. The van der Waals surface area contributed by atoms with Crippen molar-refractivity contribution in [3.05, 3.63) is 52.7 Å². The zero-order chi connectivity index (χ0) is 22.6. The first kappa shape index (κ1) is 22.9. The molecule has 1 aromatic carbocycles. The third-order valence-corrected chi connectivity index (χ3v) is 7.67. The van der Waals surface area contributed by atoms with Gasteiger partial charge >= 0.3 is 5.97 Å². The van der Waals surface area contributed by atoms with Gasteiger partial charge in [-0.1, -0.05) is 24.3 Å². The molecular formula is C20H23N3O6S2. The van der Waals surface area contributed by atoms with E-state index in [9.17, 15) is 22.8 Å². The smallest absolute Gasteiger partial charge is 0.328 e. The molecule has 0 spiro atoms. The van der Waals surface area contributed by atoms with E-state index in [0.717, 1.165) is 0 Å². The molecular weight excluding hydrogens is 442 g/mol. The molecule has 1 N–H and O–H groups in total. The van der Waals surface area contributed by atoms with E-state index < -0.39 is 34.0 Å². The average Bonchev–Trinajstić information content (AvgIpc) is 3.33. The summed E-state index contributed by atoms with van der Waals surface area (Å²) in [5.41, 5.74) is 0. The monoisotopic (exact) mass is 465 g/mol. The molecule has 31 heavy (non-hydrogen) atoms. The number of rotatable bonds is 6. The first-order valence-electron chi connectivity index (χ1n) is 9.53. The van der Waals surface area contributed by atoms with Gasteiger partial charge in [-0.25, -0.2) is 13.2 Å². The Bertz CT molecular complexity index is 1040. The van der Waals surface area contributed by atoms with Gasteiger partial charge in [0.15, 0.2) is 0 Å². The van der Waals surface area contributed by atoms with Gasteiger partial charge in [0.25, 0.3) is 5.91 Å². The average molecular weight is 466 g/mol. The number of carbonyl (C=O) groups is 3. The van der Waals surface area contributed by atoms with Crippen LogP contribution in [0.5, 0.6) is 0 Å². The van der Waals surface area contributed by atoms with Gasteiger partial charge in [-0.3, -0.25) is 9.59 Å². The maximum Gasteiger partial charge on any atom is 0.328 e. The second kappa shape index (κ2) is 9.58. The predicted octanol–water partition coefficient (Wildman–Crippen LogP) is 0.941. The Kier molecular flexibility index (Phi) is 7.08. The number of hydrogen-bond acceptors (Lipinski definition) is 7. The molecule has 2 aromatic rings. The standard InChI is InChI=1S/C20H23N3O6S2/c1-14(20(26)29-2)21-18(24)16-13-22(31(27,28)15-7-4-3-5-8-15)10-11-23(16)19(25)17-9-6-12-30-17/h3-9,12,14,16H,10-11,13H2,1-2H3,(H,21,24). The number of carbonyl (C=O) groups excluding carboxylic acids is 3. The highest BCUT2D eigenvalue weighted by atomic mass is 32.2. The number of amides is 2. The lowest BCUT2D eigenvalue weighted by atomic mass is 10.1. The van der Waals surface area contributed by atoms with Crippen LogP contribution in [0, 0.1) is 0 Å². The Balaban J connectivity index is 1.88. The predicted molar refractivity (Wildman–Crippen MR) is 114 cm³/mol. The van der Waals surface area contributed by atoms with Crippen LogP contribution in [0.15, 0.2) is 52.7 Å². The van der Waals surface area contributed by atoms with Gasteiger partial charge in [0.1, 0.15) is 12.1 Å². The van der Waals surface area contributed by atoms with Crippen LogP contribution in [0.25, 0.3) is 0 Å². The van der Waals surface area contributed by atoms with Crippen LogP contribution in [-0.4, -0.2) is 74.2 Å². The Labute approximate surface area is 184 Å². The SMILES string of the molecule is COC(=O)C(C)NC(=O)C1CN(S(=O)(=O)c2ccccc2)CCN1C(=O)c1cccs1. The Morgan fingerprint density at radius 2 is 1.84 bits per heavy atom. The van der Waals surface area contributed by atoms with Crippen molar-refractivity contribution in [1.29, 1.82) is 0 Å². The number of benzene rings is 1. The van der Waals surface area contributed by atoms with Crippen molar-refractivity contribution in [2.45, 2.75) is 23.9 Å². The van der Waals surface area contributed by atoms with E-state index in [1.807, 2.05) is 0 Å². The molecule has 3 rings (SSSR count). The zero-order valence-electron chi connectivity index (χ0n) is 17.1. The molecule has 166 valence electrons. The van der Waals surface area contributed by atoms with E-state index in [1.54, 1.807) is 35.7 Å². The van der Waals surface area contributed by atoms with Crippen LogP contribution in [-0.2, 0) is 24.3 Å². The molecule has 0 saturated carbocycles. The minimum absolute atomic E-state index is 0.0352. The summed E-state index contributed by atoms with van der Waals surface area (Å²) in [6, 6.07) is 9.22. The van der Waals surface area contributed by atoms with Crippen LogP contribution in [0.2, 0.25) is 0 Å². The molecule has 0 radical (unpaired) electrons. The summed E-state index contributed by atoms with van der Waals surface area (Å²) in [5.74, 6) is -1.64. The van der Waals surface area contributed by atoms with E-state index in [4.69, 9.17) is 0 Å².